The third-order valence-electron chi connectivity index (χ3n) is 6.78. The van der Waals surface area contributed by atoms with Gasteiger partial charge in [0.15, 0.2) is 6.10 Å². The van der Waals surface area contributed by atoms with Crippen molar-refractivity contribution in [2.75, 3.05) is 63.4 Å². The molecule has 2 unspecified atom stereocenters. The zero-order valence-electron chi connectivity index (χ0n) is 23.6. The van der Waals surface area contributed by atoms with Crippen LogP contribution in [0, 0.1) is 0 Å². The molecular formula is C27H36N8O5. The van der Waals surface area contributed by atoms with Crippen LogP contribution in [0.15, 0.2) is 36.8 Å². The summed E-state index contributed by atoms with van der Waals surface area (Å²) in [6, 6.07) is 4.76. The maximum Gasteiger partial charge on any atom is 0.274 e. The van der Waals surface area contributed by atoms with Crippen molar-refractivity contribution < 1.29 is 23.9 Å². The van der Waals surface area contributed by atoms with Crippen molar-refractivity contribution in [3.8, 4) is 0 Å². The fraction of sp³-hybridized carbons (Fsp3) is 0.407. The second kappa shape index (κ2) is 11.8. The molecule has 4 amide bonds. The molecular weight excluding hydrogens is 516 g/mol. The van der Waals surface area contributed by atoms with Crippen molar-refractivity contribution >= 4 is 40.7 Å². The Morgan fingerprint density at radius 3 is 1.80 bits per heavy atom. The Kier molecular flexibility index (Phi) is 8.45. The predicted molar refractivity (Wildman–Crippen MR) is 151 cm³/mol. The molecule has 2 atom stereocenters. The molecule has 3 aromatic rings. The summed E-state index contributed by atoms with van der Waals surface area (Å²) in [6.45, 7) is 3.30. The van der Waals surface area contributed by atoms with E-state index in [4.69, 9.17) is 4.74 Å². The summed E-state index contributed by atoms with van der Waals surface area (Å²) < 4.78 is 5.16. The zero-order valence-corrected chi connectivity index (χ0v) is 23.6. The fourth-order valence-electron chi connectivity index (χ4n) is 4.19. The first-order valence-corrected chi connectivity index (χ1v) is 12.9. The molecule has 13 heteroatoms. The highest BCUT2D eigenvalue weighted by Gasteiger charge is 2.41. The number of H-pyrrole nitrogens is 3. The molecule has 4 N–H and O–H groups in total. The lowest BCUT2D eigenvalue weighted by Gasteiger charge is -2.18. The van der Waals surface area contributed by atoms with E-state index < -0.39 is 6.10 Å². The average molecular weight is 553 g/mol. The van der Waals surface area contributed by atoms with Gasteiger partial charge in [0.1, 0.15) is 17.1 Å². The smallest absolute Gasteiger partial charge is 0.274 e. The summed E-state index contributed by atoms with van der Waals surface area (Å²) in [4.78, 5) is 66.2. The molecule has 0 aromatic carbocycles. The maximum atomic E-state index is 13.1. The molecule has 214 valence electrons. The minimum absolute atomic E-state index is 0.109. The van der Waals surface area contributed by atoms with Crippen LogP contribution >= 0.6 is 0 Å². The molecule has 40 heavy (non-hydrogen) atoms. The maximum absolute atomic E-state index is 13.1. The molecule has 1 aliphatic rings. The average Bonchev–Trinajstić information content (AvgIpc) is 3.38. The molecule has 13 nitrogen and oxygen atoms in total. The number of nitrogens with one attached hydrogen (secondary N) is 4. The lowest BCUT2D eigenvalue weighted by molar-refractivity contribution is -0.117. The minimum atomic E-state index is -0.469. The first kappa shape index (κ1) is 28.6. The number of carbonyl (C=O) groups excluding carboxylic acids is 4. The predicted octanol–water partition coefficient (Wildman–Crippen LogP) is 1.97. The topological polar surface area (TPSA) is 153 Å². The lowest BCUT2D eigenvalue weighted by atomic mass is 10.3. The van der Waals surface area contributed by atoms with E-state index in [1.807, 2.05) is 21.0 Å². The number of hydrogen-bond acceptors (Lipinski definition) is 6. The Morgan fingerprint density at radius 1 is 0.775 bits per heavy atom. The summed E-state index contributed by atoms with van der Waals surface area (Å²) in [6.07, 6.45) is 4.97. The summed E-state index contributed by atoms with van der Waals surface area (Å²) in [5, 5.41) is 2.71. The lowest BCUT2D eigenvalue weighted by Crippen LogP contribution is -2.30. The molecule has 0 spiro atoms. The number of epoxide rings is 1. The first-order chi connectivity index (χ1) is 19.0. The summed E-state index contributed by atoms with van der Waals surface area (Å²) in [5.74, 6) is -1.12. The van der Waals surface area contributed by atoms with E-state index in [2.05, 4.69) is 25.2 Å². The van der Waals surface area contributed by atoms with Crippen molar-refractivity contribution in [3.63, 3.8) is 0 Å². The van der Waals surface area contributed by atoms with E-state index >= 15 is 0 Å². The van der Waals surface area contributed by atoms with Gasteiger partial charge in [-0.15, -0.1) is 0 Å². The van der Waals surface area contributed by atoms with Gasteiger partial charge in [-0.2, -0.15) is 0 Å². The van der Waals surface area contributed by atoms with Crippen molar-refractivity contribution in [2.45, 2.75) is 25.6 Å². The number of ether oxygens (including phenoxy) is 1. The quantitative estimate of drug-likeness (QED) is 0.267. The number of rotatable bonds is 11. The molecule has 1 fully saturated rings. The van der Waals surface area contributed by atoms with Gasteiger partial charge < -0.3 is 44.6 Å². The van der Waals surface area contributed by atoms with Gasteiger partial charge in [0.2, 0.25) is 0 Å². The van der Waals surface area contributed by atoms with Gasteiger partial charge in [0.25, 0.3) is 23.6 Å². The second-order valence-electron chi connectivity index (χ2n) is 10.2. The van der Waals surface area contributed by atoms with Gasteiger partial charge in [-0.1, -0.05) is 0 Å². The van der Waals surface area contributed by atoms with Gasteiger partial charge in [0.05, 0.1) is 23.2 Å². The van der Waals surface area contributed by atoms with E-state index in [1.165, 1.54) is 16.0 Å². The molecule has 4 rings (SSSR count). The molecule has 0 aliphatic carbocycles. The largest absolute Gasteiger partial charge is 0.359 e. The summed E-state index contributed by atoms with van der Waals surface area (Å²) in [7, 11) is 8.92. The zero-order chi connectivity index (χ0) is 29.1. The second-order valence-corrected chi connectivity index (χ2v) is 10.2. The monoisotopic (exact) mass is 552 g/mol. The number of carbonyl (C=O) groups is 4. The first-order valence-electron chi connectivity index (χ1n) is 12.9. The van der Waals surface area contributed by atoms with E-state index in [0.29, 0.717) is 29.3 Å². The third-order valence-corrected chi connectivity index (χ3v) is 6.78. The van der Waals surface area contributed by atoms with Gasteiger partial charge in [0, 0.05) is 46.3 Å². The Labute approximate surface area is 232 Å². The highest BCUT2D eigenvalue weighted by molar-refractivity contribution is 6.09. The van der Waals surface area contributed by atoms with Crippen LogP contribution < -0.4 is 15.1 Å². The van der Waals surface area contributed by atoms with Crippen molar-refractivity contribution in [2.24, 2.45) is 0 Å². The van der Waals surface area contributed by atoms with Crippen LogP contribution in [0.1, 0.15) is 44.8 Å². The van der Waals surface area contributed by atoms with Crippen LogP contribution in [0.2, 0.25) is 0 Å². The number of amides is 4. The van der Waals surface area contributed by atoms with E-state index in [1.54, 1.807) is 56.6 Å². The molecule has 0 saturated carbocycles. The van der Waals surface area contributed by atoms with Crippen LogP contribution in [0.25, 0.3) is 0 Å². The van der Waals surface area contributed by atoms with Crippen LogP contribution in [0.5, 0.6) is 0 Å². The van der Waals surface area contributed by atoms with Crippen LogP contribution in [-0.2, 0) is 9.53 Å². The molecule has 1 saturated heterocycles. The number of anilines is 3. The minimum Gasteiger partial charge on any atom is -0.359 e. The Morgan fingerprint density at radius 2 is 1.27 bits per heavy atom. The summed E-state index contributed by atoms with van der Waals surface area (Å²) in [5.41, 5.74) is 2.39. The molecule has 1 aliphatic heterocycles. The Bertz CT molecular complexity index is 1390. The van der Waals surface area contributed by atoms with Gasteiger partial charge in [-0.3, -0.25) is 19.2 Å². The van der Waals surface area contributed by atoms with Crippen LogP contribution in [0.3, 0.4) is 0 Å². The SMILES string of the molecule is CC1OC1C(=O)Nc1c[nH]c(C(=O)N(C)c2c[nH]c(C(=O)N(C)c3c[nH]c(C(=O)N(C)CCCN(C)C)c3)c2)c1. The number of aromatic nitrogens is 3. The van der Waals surface area contributed by atoms with Crippen molar-refractivity contribution in [1.82, 2.24) is 24.8 Å². The molecule has 3 aromatic heterocycles. The van der Waals surface area contributed by atoms with E-state index in [0.717, 1.165) is 13.0 Å². The van der Waals surface area contributed by atoms with Gasteiger partial charge in [-0.25, -0.2) is 0 Å². The van der Waals surface area contributed by atoms with E-state index in [9.17, 15) is 19.2 Å². The van der Waals surface area contributed by atoms with E-state index in [-0.39, 0.29) is 41.1 Å². The van der Waals surface area contributed by atoms with Crippen LogP contribution in [-0.4, -0.2) is 109 Å². The highest BCUT2D eigenvalue weighted by Crippen LogP contribution is 2.24. The molecule has 4 heterocycles. The number of nitrogens with zero attached hydrogens (tertiary/aromatic N) is 4. The number of hydrogen-bond donors (Lipinski definition) is 4. The van der Waals surface area contributed by atoms with Crippen LogP contribution in [0.4, 0.5) is 17.1 Å². The normalized spacial score (nSPS) is 16.1. The summed E-state index contributed by atoms with van der Waals surface area (Å²) >= 11 is 0. The van der Waals surface area contributed by atoms with Crippen molar-refractivity contribution in [3.05, 3.63) is 53.9 Å². The molecule has 0 radical (unpaired) electrons. The third kappa shape index (κ3) is 6.43. The van der Waals surface area contributed by atoms with Gasteiger partial charge in [-0.05, 0) is 52.2 Å². The Hall–Kier alpha value is -4.36. The Balaban J connectivity index is 1.35. The molecule has 0 bridgehead atoms. The fourth-order valence-corrected chi connectivity index (χ4v) is 4.19. The number of aromatic amines is 3. The highest BCUT2D eigenvalue weighted by atomic mass is 16.6. The van der Waals surface area contributed by atoms with Crippen molar-refractivity contribution in [1.29, 1.82) is 0 Å². The standard InChI is InChI=1S/C27H36N8O5/c1-16-23(40-16)24(36)31-17-10-20(28-13-17)26(38)34(5)19-12-22(30-15-19)27(39)35(6)18-11-21(29-14-18)25(37)33(4)9-7-8-32(2)3/h10-16,23,28-30H,7-9H2,1-6H3,(H,31,36). The van der Waals surface area contributed by atoms with Gasteiger partial charge >= 0.3 is 0 Å².